The zero-order chi connectivity index (χ0) is 12.1. The molecule has 1 aromatic carbocycles. The van der Waals surface area contributed by atoms with Gasteiger partial charge in [-0.1, -0.05) is 24.3 Å². The molecule has 0 aliphatic heterocycles. The highest BCUT2D eigenvalue weighted by molar-refractivity contribution is 7.99. The zero-order valence-electron chi connectivity index (χ0n) is 10.2. The predicted octanol–water partition coefficient (Wildman–Crippen LogP) is 3.10. The van der Waals surface area contributed by atoms with Crippen LogP contribution in [0.1, 0.15) is 12.8 Å². The van der Waals surface area contributed by atoms with Crippen LogP contribution in [0.5, 0.6) is 5.75 Å². The predicted molar refractivity (Wildman–Crippen MR) is 73.9 cm³/mol. The van der Waals surface area contributed by atoms with Crippen LogP contribution in [-0.4, -0.2) is 25.4 Å². The monoisotopic (exact) mass is 249 g/mol. The van der Waals surface area contributed by atoms with E-state index in [-0.39, 0.29) is 0 Å². The average Bonchev–Trinajstić information content (AvgIpc) is 3.18. The second-order valence-electron chi connectivity index (χ2n) is 4.34. The molecule has 0 atom stereocenters. The van der Waals surface area contributed by atoms with Gasteiger partial charge in [0.15, 0.2) is 0 Å². The molecule has 3 heteroatoms. The maximum absolute atomic E-state index is 5.32. The van der Waals surface area contributed by atoms with Crippen molar-refractivity contribution in [2.75, 3.05) is 19.4 Å². The highest BCUT2D eigenvalue weighted by atomic mass is 32.2. The Morgan fingerprint density at radius 2 is 2.24 bits per heavy atom. The minimum atomic E-state index is 0.753. The molecule has 0 heterocycles. The lowest BCUT2D eigenvalue weighted by atomic mass is 10.3. The summed E-state index contributed by atoms with van der Waals surface area (Å²) < 4.78 is 5.32. The molecule has 2 nitrogen and oxygen atoms in total. The van der Waals surface area contributed by atoms with E-state index in [1.54, 1.807) is 18.9 Å². The molecule has 0 radical (unpaired) electrons. The lowest BCUT2D eigenvalue weighted by Crippen LogP contribution is -2.19. The van der Waals surface area contributed by atoms with Gasteiger partial charge < -0.3 is 10.1 Å². The second kappa shape index (κ2) is 6.12. The second-order valence-corrected chi connectivity index (χ2v) is 5.36. The highest BCUT2D eigenvalue weighted by Crippen LogP contribution is 2.29. The van der Waals surface area contributed by atoms with Gasteiger partial charge in [-0.25, -0.2) is 0 Å². The summed E-state index contributed by atoms with van der Waals surface area (Å²) in [4.78, 5) is 1.18. The Hall–Kier alpha value is -0.930. The van der Waals surface area contributed by atoms with Gasteiger partial charge in [0.25, 0.3) is 0 Å². The van der Waals surface area contributed by atoms with E-state index < -0.39 is 0 Å². The molecular formula is C14H19NOS. The van der Waals surface area contributed by atoms with E-state index in [9.17, 15) is 0 Å². The number of ether oxygens (including phenoxy) is 1. The average molecular weight is 249 g/mol. The molecule has 17 heavy (non-hydrogen) atoms. The molecular weight excluding hydrogens is 230 g/mol. The zero-order valence-corrected chi connectivity index (χ0v) is 11.1. The van der Waals surface area contributed by atoms with Gasteiger partial charge in [-0.2, -0.15) is 0 Å². The molecule has 0 bridgehead atoms. The fraction of sp³-hybridized carbons (Fsp3) is 0.429. The summed E-state index contributed by atoms with van der Waals surface area (Å²) in [6.07, 6.45) is 2.65. The molecule has 1 aliphatic rings. The molecule has 2 rings (SSSR count). The van der Waals surface area contributed by atoms with E-state index >= 15 is 0 Å². The smallest absolute Gasteiger partial charge is 0.132 e. The van der Waals surface area contributed by atoms with Crippen LogP contribution in [0.3, 0.4) is 0 Å². The van der Waals surface area contributed by atoms with Crippen LogP contribution in [0.4, 0.5) is 0 Å². The SMILES string of the molecule is C=C(CNC1CC1)CSc1ccccc1OC. The van der Waals surface area contributed by atoms with Gasteiger partial charge in [-0.15, -0.1) is 11.8 Å². The molecule has 0 saturated heterocycles. The van der Waals surface area contributed by atoms with Gasteiger partial charge in [0, 0.05) is 23.2 Å². The van der Waals surface area contributed by atoms with Crippen molar-refractivity contribution in [2.45, 2.75) is 23.8 Å². The molecule has 0 aromatic heterocycles. The van der Waals surface area contributed by atoms with Crippen LogP contribution in [0.15, 0.2) is 41.3 Å². The van der Waals surface area contributed by atoms with E-state index in [4.69, 9.17) is 4.74 Å². The Kier molecular flexibility index (Phi) is 4.51. The van der Waals surface area contributed by atoms with Crippen LogP contribution < -0.4 is 10.1 Å². The fourth-order valence-electron chi connectivity index (χ4n) is 1.55. The molecule has 0 amide bonds. The van der Waals surface area contributed by atoms with Crippen molar-refractivity contribution < 1.29 is 4.74 Å². The van der Waals surface area contributed by atoms with E-state index in [0.717, 1.165) is 24.1 Å². The molecule has 1 aromatic rings. The Morgan fingerprint density at radius 1 is 1.47 bits per heavy atom. The summed E-state index contributed by atoms with van der Waals surface area (Å²) in [7, 11) is 1.71. The Labute approximate surface area is 107 Å². The largest absolute Gasteiger partial charge is 0.496 e. The molecule has 0 spiro atoms. The molecule has 1 N–H and O–H groups in total. The van der Waals surface area contributed by atoms with Crippen LogP contribution in [-0.2, 0) is 0 Å². The maximum Gasteiger partial charge on any atom is 0.132 e. The number of rotatable bonds is 7. The number of methoxy groups -OCH3 is 1. The van der Waals surface area contributed by atoms with Crippen molar-refractivity contribution in [1.82, 2.24) is 5.32 Å². The molecule has 1 saturated carbocycles. The van der Waals surface area contributed by atoms with E-state index in [0.29, 0.717) is 0 Å². The van der Waals surface area contributed by atoms with E-state index in [2.05, 4.69) is 18.0 Å². The summed E-state index contributed by atoms with van der Waals surface area (Å²) in [6, 6.07) is 8.86. The van der Waals surface area contributed by atoms with Gasteiger partial charge in [-0.3, -0.25) is 0 Å². The number of hydrogen-bond donors (Lipinski definition) is 1. The van der Waals surface area contributed by atoms with Gasteiger partial charge in [-0.05, 0) is 25.0 Å². The summed E-state index contributed by atoms with van der Waals surface area (Å²) in [5.41, 5.74) is 1.24. The summed E-state index contributed by atoms with van der Waals surface area (Å²) in [5, 5.41) is 3.48. The minimum Gasteiger partial charge on any atom is -0.496 e. The maximum atomic E-state index is 5.32. The standard InChI is InChI=1S/C14H19NOS/c1-11(9-15-12-7-8-12)10-17-14-6-4-3-5-13(14)16-2/h3-6,12,15H,1,7-10H2,2H3. The van der Waals surface area contributed by atoms with Crippen molar-refractivity contribution in [1.29, 1.82) is 0 Å². The third-order valence-corrected chi connectivity index (χ3v) is 3.92. The number of thioether (sulfide) groups is 1. The van der Waals surface area contributed by atoms with Gasteiger partial charge >= 0.3 is 0 Å². The lowest BCUT2D eigenvalue weighted by molar-refractivity contribution is 0.405. The molecule has 1 aliphatic carbocycles. The lowest BCUT2D eigenvalue weighted by Gasteiger charge is -2.09. The van der Waals surface area contributed by atoms with Crippen LogP contribution >= 0.6 is 11.8 Å². The van der Waals surface area contributed by atoms with Crippen molar-refractivity contribution >= 4 is 11.8 Å². The van der Waals surface area contributed by atoms with Crippen molar-refractivity contribution in [2.24, 2.45) is 0 Å². The normalized spacial score (nSPS) is 14.6. The first-order valence-corrected chi connectivity index (χ1v) is 6.94. The Morgan fingerprint density at radius 3 is 2.94 bits per heavy atom. The Balaban J connectivity index is 1.77. The number of benzene rings is 1. The highest BCUT2D eigenvalue weighted by Gasteiger charge is 2.20. The van der Waals surface area contributed by atoms with E-state index in [1.807, 2.05) is 18.2 Å². The number of nitrogens with one attached hydrogen (secondary N) is 1. The van der Waals surface area contributed by atoms with Gasteiger partial charge in [0.2, 0.25) is 0 Å². The first-order chi connectivity index (χ1) is 8.29. The fourth-order valence-corrected chi connectivity index (χ4v) is 2.48. The van der Waals surface area contributed by atoms with Crippen LogP contribution in [0.25, 0.3) is 0 Å². The molecule has 1 fully saturated rings. The third-order valence-electron chi connectivity index (χ3n) is 2.72. The first kappa shape index (κ1) is 12.5. The topological polar surface area (TPSA) is 21.3 Å². The van der Waals surface area contributed by atoms with Crippen molar-refractivity contribution in [3.63, 3.8) is 0 Å². The number of para-hydroxylation sites is 1. The summed E-state index contributed by atoms with van der Waals surface area (Å²) in [5.74, 6) is 1.89. The quantitative estimate of drug-likeness (QED) is 0.592. The first-order valence-electron chi connectivity index (χ1n) is 5.95. The van der Waals surface area contributed by atoms with Crippen LogP contribution in [0.2, 0.25) is 0 Å². The Bertz CT molecular complexity index is 388. The number of hydrogen-bond acceptors (Lipinski definition) is 3. The molecule has 0 unspecified atom stereocenters. The van der Waals surface area contributed by atoms with Crippen molar-refractivity contribution in [3.8, 4) is 5.75 Å². The van der Waals surface area contributed by atoms with E-state index in [1.165, 1.54) is 23.3 Å². The summed E-state index contributed by atoms with van der Waals surface area (Å²) in [6.45, 7) is 5.04. The van der Waals surface area contributed by atoms with Crippen LogP contribution in [0, 0.1) is 0 Å². The third kappa shape index (κ3) is 4.10. The summed E-state index contributed by atoms with van der Waals surface area (Å²) >= 11 is 1.79. The van der Waals surface area contributed by atoms with Crippen molar-refractivity contribution in [3.05, 3.63) is 36.4 Å². The molecule has 92 valence electrons. The van der Waals surface area contributed by atoms with Gasteiger partial charge in [0.1, 0.15) is 5.75 Å². The minimum absolute atomic E-state index is 0.753. The van der Waals surface area contributed by atoms with Gasteiger partial charge in [0.05, 0.1) is 7.11 Å².